The summed E-state index contributed by atoms with van der Waals surface area (Å²) in [5, 5.41) is 3.66. The van der Waals surface area contributed by atoms with E-state index in [1.165, 1.54) is 0 Å². The van der Waals surface area contributed by atoms with E-state index in [2.05, 4.69) is 14.7 Å². The quantitative estimate of drug-likeness (QED) is 0.736. The number of hydrogen-bond acceptors (Lipinski definition) is 6. The summed E-state index contributed by atoms with van der Waals surface area (Å²) in [6.07, 6.45) is 0.149. The fourth-order valence-corrected chi connectivity index (χ4v) is 3.49. The number of aromatic nitrogens is 2. The molecule has 8 heteroatoms. The zero-order valence-electron chi connectivity index (χ0n) is 13.6. The second-order valence-corrected chi connectivity index (χ2v) is 6.77. The van der Waals surface area contributed by atoms with E-state index in [-0.39, 0.29) is 12.3 Å². The lowest BCUT2D eigenvalue weighted by molar-refractivity contribution is -0.115. The first kappa shape index (κ1) is 16.8. The third-order valence-electron chi connectivity index (χ3n) is 3.73. The summed E-state index contributed by atoms with van der Waals surface area (Å²) in [4.78, 5) is 16.7. The summed E-state index contributed by atoms with van der Waals surface area (Å²) in [6, 6.07) is 13.1. The van der Waals surface area contributed by atoms with Crippen LogP contribution in [0.3, 0.4) is 0 Å². The number of fused-ring (bicyclic) bond motifs is 1. The van der Waals surface area contributed by atoms with Crippen molar-refractivity contribution in [2.24, 2.45) is 0 Å². The van der Waals surface area contributed by atoms with Gasteiger partial charge in [0.15, 0.2) is 17.3 Å². The number of ether oxygens (including phenoxy) is 2. The van der Waals surface area contributed by atoms with Crippen LogP contribution in [-0.4, -0.2) is 28.5 Å². The van der Waals surface area contributed by atoms with Crippen molar-refractivity contribution in [3.8, 4) is 22.9 Å². The minimum Gasteiger partial charge on any atom is -0.486 e. The number of hydrogen-bond donors (Lipinski definition) is 1. The number of halogens is 1. The van der Waals surface area contributed by atoms with Crippen molar-refractivity contribution < 1.29 is 14.3 Å². The molecule has 0 fully saturated rings. The molecule has 2 heterocycles. The van der Waals surface area contributed by atoms with E-state index in [0.717, 1.165) is 22.7 Å². The fraction of sp³-hybridized carbons (Fsp3) is 0.167. The number of nitrogens with zero attached hydrogens (tertiary/aromatic N) is 2. The average molecular weight is 388 g/mol. The van der Waals surface area contributed by atoms with E-state index >= 15 is 0 Å². The van der Waals surface area contributed by atoms with E-state index in [1.54, 1.807) is 12.1 Å². The first-order chi connectivity index (χ1) is 12.7. The molecule has 0 aliphatic carbocycles. The Bertz CT molecular complexity index is 946. The van der Waals surface area contributed by atoms with Gasteiger partial charge < -0.3 is 14.8 Å². The zero-order chi connectivity index (χ0) is 17.9. The largest absolute Gasteiger partial charge is 0.486 e. The highest BCUT2D eigenvalue weighted by Gasteiger charge is 2.18. The highest BCUT2D eigenvalue weighted by atomic mass is 35.5. The Balaban J connectivity index is 1.45. The molecule has 6 nitrogen and oxygen atoms in total. The maximum absolute atomic E-state index is 12.3. The standard InChI is InChI=1S/C18H14ClN3O3S/c19-13-8-11(9-14-16(13)25-7-6-24-14)10-15(23)20-18-21-17(22-26-18)12-4-2-1-3-5-12/h1-5,8-9H,6-7,10H2,(H,20,21,22,23). The van der Waals surface area contributed by atoms with Gasteiger partial charge in [0.1, 0.15) is 13.2 Å². The fourth-order valence-electron chi connectivity index (χ4n) is 2.59. The molecule has 2 aromatic carbocycles. The predicted octanol–water partition coefficient (Wildman–Crippen LogP) is 3.81. The smallest absolute Gasteiger partial charge is 0.230 e. The van der Waals surface area contributed by atoms with Crippen molar-refractivity contribution >= 4 is 34.2 Å². The number of carbonyl (C=O) groups excluding carboxylic acids is 1. The van der Waals surface area contributed by atoms with E-state index in [4.69, 9.17) is 21.1 Å². The molecular weight excluding hydrogens is 374 g/mol. The molecular formula is C18H14ClN3O3S. The van der Waals surface area contributed by atoms with E-state index in [1.807, 2.05) is 30.3 Å². The summed E-state index contributed by atoms with van der Waals surface area (Å²) in [5.41, 5.74) is 1.65. The van der Waals surface area contributed by atoms with Gasteiger partial charge in [0, 0.05) is 17.1 Å². The van der Waals surface area contributed by atoms with Crippen LogP contribution in [0.2, 0.25) is 5.02 Å². The summed E-state index contributed by atoms with van der Waals surface area (Å²) in [7, 11) is 0. The molecule has 1 aromatic heterocycles. The van der Waals surface area contributed by atoms with Gasteiger partial charge in [-0.25, -0.2) is 0 Å². The summed E-state index contributed by atoms with van der Waals surface area (Å²) < 4.78 is 15.3. The van der Waals surface area contributed by atoms with Crippen molar-refractivity contribution in [1.29, 1.82) is 0 Å². The first-order valence-electron chi connectivity index (χ1n) is 7.96. The molecule has 1 aliphatic heterocycles. The van der Waals surface area contributed by atoms with Gasteiger partial charge in [-0.1, -0.05) is 41.9 Å². The lowest BCUT2D eigenvalue weighted by atomic mass is 10.1. The molecule has 0 atom stereocenters. The lowest BCUT2D eigenvalue weighted by Crippen LogP contribution is -2.17. The van der Waals surface area contributed by atoms with Crippen LogP contribution in [0.25, 0.3) is 11.4 Å². The van der Waals surface area contributed by atoms with Crippen LogP contribution in [0.5, 0.6) is 11.5 Å². The molecule has 0 bridgehead atoms. The van der Waals surface area contributed by atoms with Crippen LogP contribution >= 0.6 is 23.1 Å². The Morgan fingerprint density at radius 2 is 2.00 bits per heavy atom. The number of carbonyl (C=O) groups is 1. The van der Waals surface area contributed by atoms with Gasteiger partial charge >= 0.3 is 0 Å². The second-order valence-electron chi connectivity index (χ2n) is 5.62. The van der Waals surface area contributed by atoms with Crippen LogP contribution in [0.15, 0.2) is 42.5 Å². The molecule has 132 valence electrons. The lowest BCUT2D eigenvalue weighted by Gasteiger charge is -2.20. The van der Waals surface area contributed by atoms with Crippen LogP contribution < -0.4 is 14.8 Å². The average Bonchev–Trinajstić information content (AvgIpc) is 3.11. The number of amides is 1. The maximum atomic E-state index is 12.3. The molecule has 0 saturated carbocycles. The molecule has 0 saturated heterocycles. The van der Waals surface area contributed by atoms with Crippen LogP contribution in [0.1, 0.15) is 5.56 Å². The van der Waals surface area contributed by atoms with E-state index in [0.29, 0.717) is 40.7 Å². The maximum Gasteiger partial charge on any atom is 0.230 e. The monoisotopic (exact) mass is 387 g/mol. The molecule has 3 aromatic rings. The van der Waals surface area contributed by atoms with Gasteiger partial charge in [0.2, 0.25) is 11.0 Å². The summed E-state index contributed by atoms with van der Waals surface area (Å²) in [6.45, 7) is 0.930. The van der Waals surface area contributed by atoms with Crippen molar-refractivity contribution in [2.45, 2.75) is 6.42 Å². The Hall–Kier alpha value is -2.64. The number of rotatable bonds is 4. The Kier molecular flexibility index (Phi) is 4.73. The molecule has 0 unspecified atom stereocenters. The third kappa shape index (κ3) is 3.63. The van der Waals surface area contributed by atoms with Gasteiger partial charge in [-0.15, -0.1) is 0 Å². The van der Waals surface area contributed by atoms with Crippen molar-refractivity contribution in [1.82, 2.24) is 9.36 Å². The number of nitrogens with one attached hydrogen (secondary N) is 1. The number of benzene rings is 2. The second kappa shape index (κ2) is 7.31. The molecule has 0 spiro atoms. The van der Waals surface area contributed by atoms with E-state index < -0.39 is 0 Å². The topological polar surface area (TPSA) is 73.3 Å². The number of anilines is 1. The Labute approximate surface area is 158 Å². The molecule has 0 radical (unpaired) electrons. The third-order valence-corrected chi connectivity index (χ3v) is 4.64. The summed E-state index contributed by atoms with van der Waals surface area (Å²) in [5.74, 6) is 1.48. The van der Waals surface area contributed by atoms with Crippen molar-refractivity contribution in [2.75, 3.05) is 18.5 Å². The van der Waals surface area contributed by atoms with Crippen molar-refractivity contribution in [3.05, 3.63) is 53.1 Å². The Morgan fingerprint density at radius 1 is 1.19 bits per heavy atom. The normalized spacial score (nSPS) is 12.7. The molecule has 1 aliphatic rings. The predicted molar refractivity (Wildman–Crippen MR) is 100 cm³/mol. The molecule has 26 heavy (non-hydrogen) atoms. The zero-order valence-corrected chi connectivity index (χ0v) is 15.1. The van der Waals surface area contributed by atoms with Crippen LogP contribution in [-0.2, 0) is 11.2 Å². The van der Waals surface area contributed by atoms with Gasteiger partial charge in [-0.05, 0) is 17.7 Å². The first-order valence-corrected chi connectivity index (χ1v) is 9.11. The van der Waals surface area contributed by atoms with Gasteiger partial charge in [-0.3, -0.25) is 4.79 Å². The van der Waals surface area contributed by atoms with Gasteiger partial charge in [-0.2, -0.15) is 9.36 Å². The SMILES string of the molecule is O=C(Cc1cc(Cl)c2c(c1)OCCO2)Nc1nc(-c2ccccc2)ns1. The van der Waals surface area contributed by atoms with Crippen molar-refractivity contribution in [3.63, 3.8) is 0 Å². The summed E-state index contributed by atoms with van der Waals surface area (Å²) >= 11 is 7.35. The van der Waals surface area contributed by atoms with Crippen LogP contribution in [0.4, 0.5) is 5.13 Å². The Morgan fingerprint density at radius 3 is 2.85 bits per heavy atom. The molecule has 4 rings (SSSR count). The van der Waals surface area contributed by atoms with Gasteiger partial charge in [0.05, 0.1) is 11.4 Å². The highest BCUT2D eigenvalue weighted by Crippen LogP contribution is 2.38. The van der Waals surface area contributed by atoms with E-state index in [9.17, 15) is 4.79 Å². The highest BCUT2D eigenvalue weighted by molar-refractivity contribution is 7.10. The minimum atomic E-state index is -0.200. The molecule has 1 N–H and O–H groups in total. The van der Waals surface area contributed by atoms with Gasteiger partial charge in [0.25, 0.3) is 0 Å². The minimum absolute atomic E-state index is 0.149. The molecule has 1 amide bonds. The van der Waals surface area contributed by atoms with Crippen LogP contribution in [0, 0.1) is 0 Å².